The van der Waals surface area contributed by atoms with Gasteiger partial charge in [0.2, 0.25) is 29.5 Å². The highest BCUT2D eigenvalue weighted by Gasteiger charge is 2.32. The zero-order chi connectivity index (χ0) is 37.2. The number of carbonyl (C=O) groups excluding carboxylic acids is 5. The second-order valence-corrected chi connectivity index (χ2v) is 12.1. The van der Waals surface area contributed by atoms with Gasteiger partial charge in [-0.15, -0.1) is 0 Å². The minimum absolute atomic E-state index is 0.00615. The molecule has 0 rings (SSSR count). The number of nitrogens with two attached hydrogens (primary N) is 5. The Kier molecular flexibility index (Phi) is 26.0. The molecule has 0 fully saturated rings. The first-order valence-corrected chi connectivity index (χ1v) is 17.6. The Balaban J connectivity index is 6.06. The maximum absolute atomic E-state index is 13.6. The smallest absolute Gasteiger partial charge is 0.326 e. The van der Waals surface area contributed by atoms with Gasteiger partial charge in [-0.1, -0.05) is 0 Å². The molecule has 5 amide bonds. The molecular weight excluding hydrogens is 660 g/mol. The van der Waals surface area contributed by atoms with Crippen LogP contribution in [0, 0.1) is 0 Å². The van der Waals surface area contributed by atoms with Gasteiger partial charge >= 0.3 is 5.97 Å². The van der Waals surface area contributed by atoms with Gasteiger partial charge in [-0.05, 0) is 103 Å². The van der Waals surface area contributed by atoms with Crippen LogP contribution in [0.2, 0.25) is 0 Å². The molecule has 17 N–H and O–H groups in total. The number of carbonyl (C=O) groups is 6. The number of aliphatic hydroxyl groups excluding tert-OH is 1. The van der Waals surface area contributed by atoms with Gasteiger partial charge in [-0.2, -0.15) is 12.6 Å². The first-order chi connectivity index (χ1) is 23.4. The average molecular weight is 721 g/mol. The Morgan fingerprint density at radius 1 is 0.490 bits per heavy atom. The molecule has 0 unspecified atom stereocenters. The molecule has 0 aromatic heterocycles. The van der Waals surface area contributed by atoms with Crippen molar-refractivity contribution in [1.82, 2.24) is 26.6 Å². The zero-order valence-electron chi connectivity index (χ0n) is 28.4. The molecule has 0 aliphatic rings. The monoisotopic (exact) mass is 720 g/mol. The summed E-state index contributed by atoms with van der Waals surface area (Å²) in [7, 11) is 0. The summed E-state index contributed by atoms with van der Waals surface area (Å²) < 4.78 is 0. The van der Waals surface area contributed by atoms with Crippen LogP contribution >= 0.6 is 12.6 Å². The van der Waals surface area contributed by atoms with Gasteiger partial charge < -0.3 is 65.5 Å². The van der Waals surface area contributed by atoms with Gasteiger partial charge in [0, 0.05) is 5.75 Å². The number of rotatable bonds is 29. The first kappa shape index (κ1) is 45.9. The van der Waals surface area contributed by atoms with E-state index in [0.29, 0.717) is 77.5 Å². The van der Waals surface area contributed by atoms with Crippen molar-refractivity contribution in [2.75, 3.05) is 38.5 Å². The van der Waals surface area contributed by atoms with Crippen LogP contribution < -0.4 is 55.3 Å². The number of carboxylic acids is 1. The maximum Gasteiger partial charge on any atom is 0.326 e. The summed E-state index contributed by atoms with van der Waals surface area (Å²) in [5.74, 6) is -4.91. The van der Waals surface area contributed by atoms with E-state index in [4.69, 9.17) is 28.7 Å². The van der Waals surface area contributed by atoms with Gasteiger partial charge in [-0.25, -0.2) is 4.79 Å². The predicted octanol–water partition coefficient (Wildman–Crippen LogP) is -3.74. The SMILES string of the molecule is NCCCC[C@H](NC(=O)[C@H](CCCCN)NC(=O)[C@H](CCCCN)NC(=O)[C@H](CCCCN)NC(=O)[C@H](CO)NC(=O)[C@@H](N)CS)C(=O)O. The predicted molar refractivity (Wildman–Crippen MR) is 188 cm³/mol. The number of thiol groups is 1. The largest absolute Gasteiger partial charge is 0.480 e. The third-order valence-corrected chi connectivity index (χ3v) is 8.04. The van der Waals surface area contributed by atoms with Crippen molar-refractivity contribution in [3.05, 3.63) is 0 Å². The van der Waals surface area contributed by atoms with Gasteiger partial charge in [0.05, 0.1) is 12.6 Å². The van der Waals surface area contributed by atoms with Crippen molar-refractivity contribution in [2.24, 2.45) is 28.7 Å². The van der Waals surface area contributed by atoms with Crippen LogP contribution in [0.3, 0.4) is 0 Å². The molecule has 0 saturated carbocycles. The molecule has 6 atom stereocenters. The molecule has 0 aromatic rings. The Hall–Kier alpha value is -3.07. The third-order valence-electron chi connectivity index (χ3n) is 7.65. The minimum Gasteiger partial charge on any atom is -0.480 e. The van der Waals surface area contributed by atoms with Crippen LogP contribution in [0.25, 0.3) is 0 Å². The summed E-state index contributed by atoms with van der Waals surface area (Å²) in [5, 5.41) is 32.1. The van der Waals surface area contributed by atoms with Crippen molar-refractivity contribution >= 4 is 48.1 Å². The highest BCUT2D eigenvalue weighted by Crippen LogP contribution is 2.09. The van der Waals surface area contributed by atoms with Crippen molar-refractivity contribution in [1.29, 1.82) is 0 Å². The van der Waals surface area contributed by atoms with Crippen LogP contribution in [-0.2, 0) is 28.8 Å². The van der Waals surface area contributed by atoms with E-state index in [2.05, 4.69) is 39.2 Å². The Bertz CT molecular complexity index is 1010. The molecule has 0 radical (unpaired) electrons. The summed E-state index contributed by atoms with van der Waals surface area (Å²) in [6.07, 6.45) is 4.58. The molecule has 0 aliphatic carbocycles. The first-order valence-electron chi connectivity index (χ1n) is 16.9. The fourth-order valence-corrected chi connectivity index (χ4v) is 4.85. The molecule has 19 heteroatoms. The molecular formula is C30H60N10O8S. The minimum atomic E-state index is -1.41. The molecule has 0 saturated heterocycles. The van der Waals surface area contributed by atoms with Gasteiger partial charge in [0.15, 0.2) is 0 Å². The maximum atomic E-state index is 13.6. The van der Waals surface area contributed by atoms with E-state index in [0.717, 1.165) is 0 Å². The fraction of sp³-hybridized carbons (Fsp3) is 0.800. The quantitative estimate of drug-likeness (QED) is 0.0261. The fourth-order valence-electron chi connectivity index (χ4n) is 4.68. The number of nitrogens with one attached hydrogen (secondary N) is 5. The van der Waals surface area contributed by atoms with E-state index in [1.165, 1.54) is 0 Å². The number of amides is 5. The molecule has 0 aromatic carbocycles. The van der Waals surface area contributed by atoms with Crippen LogP contribution in [0.15, 0.2) is 0 Å². The van der Waals surface area contributed by atoms with E-state index in [9.17, 15) is 39.0 Å². The highest BCUT2D eigenvalue weighted by atomic mass is 32.1. The molecule has 49 heavy (non-hydrogen) atoms. The Morgan fingerprint density at radius 2 is 0.776 bits per heavy atom. The van der Waals surface area contributed by atoms with Crippen molar-refractivity contribution in [2.45, 2.75) is 113 Å². The number of hydrogen-bond acceptors (Lipinski definition) is 13. The van der Waals surface area contributed by atoms with Crippen LogP contribution in [0.1, 0.15) is 77.0 Å². The lowest BCUT2D eigenvalue weighted by Gasteiger charge is -2.27. The molecule has 0 heterocycles. The van der Waals surface area contributed by atoms with Crippen LogP contribution in [0.4, 0.5) is 0 Å². The van der Waals surface area contributed by atoms with Gasteiger partial charge in [0.1, 0.15) is 30.2 Å². The summed E-state index contributed by atoms with van der Waals surface area (Å²) in [6.45, 7) is 0.595. The number of hydrogen-bond donors (Lipinski definition) is 13. The van der Waals surface area contributed by atoms with E-state index in [1.807, 2.05) is 0 Å². The normalized spacial score (nSPS) is 14.8. The average Bonchev–Trinajstić information content (AvgIpc) is 3.08. The van der Waals surface area contributed by atoms with E-state index < -0.39 is 78.4 Å². The van der Waals surface area contributed by atoms with Crippen molar-refractivity contribution in [3.8, 4) is 0 Å². The molecule has 0 aliphatic heterocycles. The van der Waals surface area contributed by atoms with Crippen LogP contribution in [-0.4, -0.2) is 121 Å². The van der Waals surface area contributed by atoms with Crippen molar-refractivity contribution in [3.63, 3.8) is 0 Å². The van der Waals surface area contributed by atoms with E-state index in [1.54, 1.807) is 0 Å². The zero-order valence-corrected chi connectivity index (χ0v) is 29.3. The summed E-state index contributed by atoms with van der Waals surface area (Å²) >= 11 is 3.95. The van der Waals surface area contributed by atoms with Gasteiger partial charge in [-0.3, -0.25) is 24.0 Å². The van der Waals surface area contributed by atoms with Gasteiger partial charge in [0.25, 0.3) is 0 Å². The topological polar surface area (TPSA) is 333 Å². The standard InChI is InChI=1S/C30H60N10O8S/c31-13-5-1-9-20(26(43)37-22(11-3-7-15-33)28(45)39-23(30(47)48)12-4-8-16-34)36-27(44)21(10-2-6-14-32)38-29(46)24(17-41)40-25(42)19(35)18-49/h19-24,41,49H,1-18,31-35H2,(H,36,44)(H,37,43)(H,38,46)(H,39,45)(H,40,42)(H,47,48)/t19-,20-,21-,22-,23-,24-/m0/s1. The Labute approximate surface area is 293 Å². The Morgan fingerprint density at radius 3 is 1.06 bits per heavy atom. The van der Waals surface area contributed by atoms with Crippen molar-refractivity contribution < 1.29 is 39.0 Å². The summed E-state index contributed by atoms with van der Waals surface area (Å²) in [6, 6.07) is -7.09. The number of aliphatic carboxylic acids is 1. The second-order valence-electron chi connectivity index (χ2n) is 11.8. The highest BCUT2D eigenvalue weighted by molar-refractivity contribution is 7.80. The lowest BCUT2D eigenvalue weighted by molar-refractivity contribution is -0.142. The second kappa shape index (κ2) is 27.7. The number of unbranched alkanes of at least 4 members (excludes halogenated alkanes) is 4. The summed E-state index contributed by atoms with van der Waals surface area (Å²) in [4.78, 5) is 77.5. The molecule has 284 valence electrons. The van der Waals surface area contributed by atoms with E-state index >= 15 is 0 Å². The molecule has 18 nitrogen and oxygen atoms in total. The summed E-state index contributed by atoms with van der Waals surface area (Å²) in [5.41, 5.74) is 28.0. The number of carboxylic acid groups (broad SMARTS) is 1. The van der Waals surface area contributed by atoms with E-state index in [-0.39, 0.29) is 31.4 Å². The molecule has 0 bridgehead atoms. The number of aliphatic hydroxyl groups is 1. The lowest BCUT2D eigenvalue weighted by atomic mass is 10.0. The van der Waals surface area contributed by atoms with Crippen LogP contribution in [0.5, 0.6) is 0 Å². The third kappa shape index (κ3) is 19.6. The lowest BCUT2D eigenvalue weighted by Crippen LogP contribution is -2.59. The molecule has 0 spiro atoms.